The first-order valence-electron chi connectivity index (χ1n) is 4.86. The molecule has 0 spiro atoms. The van der Waals surface area contributed by atoms with E-state index in [1.165, 1.54) is 0 Å². The summed E-state index contributed by atoms with van der Waals surface area (Å²) in [6.45, 7) is 8.46. The molecule has 0 bridgehead atoms. The molecule has 0 saturated carbocycles. The van der Waals surface area contributed by atoms with Crippen LogP contribution in [0, 0.1) is 0 Å². The Kier molecular flexibility index (Phi) is 9.46. The molecule has 0 aromatic heterocycles. The minimum absolute atomic E-state index is 0.565. The van der Waals surface area contributed by atoms with Gasteiger partial charge in [0, 0.05) is 7.05 Å². The summed E-state index contributed by atoms with van der Waals surface area (Å²) in [6.07, 6.45) is 13.0. The lowest BCUT2D eigenvalue weighted by atomic mass is 10.2. The highest BCUT2D eigenvalue weighted by Gasteiger charge is 1.88. The van der Waals surface area contributed by atoms with Crippen LogP contribution >= 0.6 is 0 Å². The van der Waals surface area contributed by atoms with Gasteiger partial charge in [-0.15, -0.1) is 0 Å². The first-order valence-corrected chi connectivity index (χ1v) is 4.86. The second-order valence-corrected chi connectivity index (χ2v) is 2.77. The SMILES string of the molecule is C=C/C=C(\C=C)COC/C=C\C=C/NC. The molecule has 0 aromatic carbocycles. The van der Waals surface area contributed by atoms with E-state index in [9.17, 15) is 0 Å². The lowest BCUT2D eigenvalue weighted by Gasteiger charge is -2.00. The van der Waals surface area contributed by atoms with Crippen LogP contribution in [0.1, 0.15) is 0 Å². The average Bonchev–Trinajstić information content (AvgIpc) is 2.26. The van der Waals surface area contributed by atoms with E-state index in [0.717, 1.165) is 5.57 Å². The molecule has 0 aliphatic heterocycles. The van der Waals surface area contributed by atoms with Crippen LogP contribution in [0.15, 0.2) is 61.4 Å². The van der Waals surface area contributed by atoms with Crippen molar-refractivity contribution in [2.24, 2.45) is 0 Å². The molecule has 0 aromatic rings. The monoisotopic (exact) mass is 205 g/mol. The van der Waals surface area contributed by atoms with Crippen LogP contribution in [0.4, 0.5) is 0 Å². The smallest absolute Gasteiger partial charge is 0.0720 e. The lowest BCUT2D eigenvalue weighted by molar-refractivity contribution is 0.189. The second-order valence-electron chi connectivity index (χ2n) is 2.77. The summed E-state index contributed by atoms with van der Waals surface area (Å²) in [5, 5.41) is 2.90. The van der Waals surface area contributed by atoms with Gasteiger partial charge in [-0.1, -0.05) is 43.5 Å². The molecule has 0 aliphatic rings. The number of hydrogen-bond acceptors (Lipinski definition) is 2. The van der Waals surface area contributed by atoms with E-state index in [0.29, 0.717) is 13.2 Å². The number of hydrogen-bond donors (Lipinski definition) is 1. The number of nitrogens with one attached hydrogen (secondary N) is 1. The van der Waals surface area contributed by atoms with Crippen LogP contribution in [0.3, 0.4) is 0 Å². The Morgan fingerprint density at radius 2 is 2.13 bits per heavy atom. The Morgan fingerprint density at radius 3 is 2.73 bits per heavy atom. The molecule has 0 fully saturated rings. The highest BCUT2D eigenvalue weighted by Crippen LogP contribution is 1.96. The van der Waals surface area contributed by atoms with Gasteiger partial charge in [0.05, 0.1) is 13.2 Å². The maximum absolute atomic E-state index is 5.39. The summed E-state index contributed by atoms with van der Waals surface area (Å²) in [7, 11) is 1.86. The number of rotatable bonds is 8. The van der Waals surface area contributed by atoms with Gasteiger partial charge in [-0.05, 0) is 17.8 Å². The molecule has 15 heavy (non-hydrogen) atoms. The molecule has 0 radical (unpaired) electrons. The second kappa shape index (κ2) is 10.5. The third-order valence-electron chi connectivity index (χ3n) is 1.59. The molecule has 82 valence electrons. The molecule has 2 heteroatoms. The van der Waals surface area contributed by atoms with E-state index in [1.54, 1.807) is 12.2 Å². The fraction of sp³-hybridized carbons (Fsp3) is 0.231. The summed E-state index contributed by atoms with van der Waals surface area (Å²) in [6, 6.07) is 0. The summed E-state index contributed by atoms with van der Waals surface area (Å²) >= 11 is 0. The van der Waals surface area contributed by atoms with Crippen molar-refractivity contribution >= 4 is 0 Å². The molecule has 0 aliphatic carbocycles. The third kappa shape index (κ3) is 8.78. The van der Waals surface area contributed by atoms with Crippen LogP contribution in [0.2, 0.25) is 0 Å². The van der Waals surface area contributed by atoms with Crippen LogP contribution in [-0.4, -0.2) is 20.3 Å². The fourth-order valence-corrected chi connectivity index (χ4v) is 0.857. The Morgan fingerprint density at radius 1 is 1.33 bits per heavy atom. The highest BCUT2D eigenvalue weighted by molar-refractivity contribution is 5.21. The predicted octanol–water partition coefficient (Wildman–Crippen LogP) is 2.59. The van der Waals surface area contributed by atoms with Crippen LogP contribution in [-0.2, 0) is 4.74 Å². The molecule has 0 unspecified atom stereocenters. The van der Waals surface area contributed by atoms with Gasteiger partial charge in [-0.3, -0.25) is 0 Å². The maximum atomic E-state index is 5.39. The van der Waals surface area contributed by atoms with Crippen LogP contribution in [0.25, 0.3) is 0 Å². The Hall–Kier alpha value is -1.54. The highest BCUT2D eigenvalue weighted by atomic mass is 16.5. The number of ether oxygens (including phenoxy) is 1. The lowest BCUT2D eigenvalue weighted by Crippen LogP contribution is -1.96. The summed E-state index contributed by atoms with van der Waals surface area (Å²) < 4.78 is 5.39. The standard InChI is InChI=1S/C13H19NO/c1-4-9-13(5-2)12-15-11-8-6-7-10-14-3/h4-10,14H,1-2,11-12H2,3H3/b8-6-,10-7-,13-9+. The normalized spacial score (nSPS) is 12.2. The molecule has 2 nitrogen and oxygen atoms in total. The number of allylic oxidation sites excluding steroid dienone is 4. The minimum atomic E-state index is 0.565. The van der Waals surface area contributed by atoms with Gasteiger partial charge in [0.2, 0.25) is 0 Å². The zero-order valence-corrected chi connectivity index (χ0v) is 9.28. The molecule has 0 rings (SSSR count). The largest absolute Gasteiger partial charge is 0.394 e. The minimum Gasteiger partial charge on any atom is -0.394 e. The van der Waals surface area contributed by atoms with Gasteiger partial charge in [0.15, 0.2) is 0 Å². The first kappa shape index (κ1) is 13.5. The topological polar surface area (TPSA) is 21.3 Å². The van der Waals surface area contributed by atoms with Gasteiger partial charge in [-0.2, -0.15) is 0 Å². The zero-order valence-electron chi connectivity index (χ0n) is 9.28. The zero-order chi connectivity index (χ0) is 11.4. The Balaban J connectivity index is 3.65. The van der Waals surface area contributed by atoms with E-state index < -0.39 is 0 Å². The van der Waals surface area contributed by atoms with Gasteiger partial charge >= 0.3 is 0 Å². The van der Waals surface area contributed by atoms with E-state index in [2.05, 4.69) is 18.5 Å². The first-order chi connectivity index (χ1) is 7.35. The van der Waals surface area contributed by atoms with Gasteiger partial charge in [-0.25, -0.2) is 0 Å². The van der Waals surface area contributed by atoms with Crippen molar-refractivity contribution in [1.29, 1.82) is 0 Å². The summed E-state index contributed by atoms with van der Waals surface area (Å²) in [5.74, 6) is 0. The van der Waals surface area contributed by atoms with Crippen molar-refractivity contribution in [2.45, 2.75) is 0 Å². The van der Waals surface area contributed by atoms with E-state index >= 15 is 0 Å². The summed E-state index contributed by atoms with van der Waals surface area (Å²) in [4.78, 5) is 0. The quantitative estimate of drug-likeness (QED) is 0.486. The Bertz CT molecular complexity index is 262. The van der Waals surface area contributed by atoms with E-state index in [1.807, 2.05) is 37.6 Å². The molecule has 1 N–H and O–H groups in total. The molecular weight excluding hydrogens is 186 g/mol. The summed E-state index contributed by atoms with van der Waals surface area (Å²) in [5.41, 5.74) is 1.03. The van der Waals surface area contributed by atoms with Crippen LogP contribution in [0.5, 0.6) is 0 Å². The average molecular weight is 205 g/mol. The molecule has 0 heterocycles. The molecule has 0 saturated heterocycles. The molecular formula is C13H19NO. The van der Waals surface area contributed by atoms with Crippen molar-refractivity contribution in [2.75, 3.05) is 20.3 Å². The van der Waals surface area contributed by atoms with Crippen molar-refractivity contribution < 1.29 is 4.74 Å². The third-order valence-corrected chi connectivity index (χ3v) is 1.59. The van der Waals surface area contributed by atoms with Crippen molar-refractivity contribution in [3.05, 3.63) is 61.4 Å². The van der Waals surface area contributed by atoms with Gasteiger partial charge < -0.3 is 10.1 Å². The van der Waals surface area contributed by atoms with Crippen LogP contribution < -0.4 is 5.32 Å². The van der Waals surface area contributed by atoms with Gasteiger partial charge in [0.25, 0.3) is 0 Å². The Labute approximate surface area is 92.3 Å². The fourth-order valence-electron chi connectivity index (χ4n) is 0.857. The van der Waals surface area contributed by atoms with E-state index in [-0.39, 0.29) is 0 Å². The maximum Gasteiger partial charge on any atom is 0.0720 e. The van der Waals surface area contributed by atoms with Crippen molar-refractivity contribution in [3.63, 3.8) is 0 Å². The van der Waals surface area contributed by atoms with Gasteiger partial charge in [0.1, 0.15) is 0 Å². The molecule has 0 atom stereocenters. The van der Waals surface area contributed by atoms with E-state index in [4.69, 9.17) is 4.74 Å². The van der Waals surface area contributed by atoms with Crippen molar-refractivity contribution in [1.82, 2.24) is 5.32 Å². The van der Waals surface area contributed by atoms with Crippen molar-refractivity contribution in [3.8, 4) is 0 Å². The predicted molar refractivity (Wildman–Crippen MR) is 66.6 cm³/mol. The molecule has 0 amide bonds.